The normalized spacial score (nSPS) is 11.5. The Morgan fingerprint density at radius 2 is 1.26 bits per heavy atom. The van der Waals surface area contributed by atoms with Crippen LogP contribution in [0.15, 0.2) is 30.3 Å². The fraction of sp³-hybridized carbons (Fsp3) is 0.708. The molecule has 0 unspecified atom stereocenters. The van der Waals surface area contributed by atoms with Crippen molar-refractivity contribution in [3.05, 3.63) is 30.3 Å². The van der Waals surface area contributed by atoms with Gasteiger partial charge in [-0.1, -0.05) is 89.3 Å². The summed E-state index contributed by atoms with van der Waals surface area (Å²) in [5.41, 5.74) is 0. The van der Waals surface area contributed by atoms with E-state index in [2.05, 4.69) is 21.0 Å². The molecule has 1 aromatic carbocycles. The van der Waals surface area contributed by atoms with Crippen molar-refractivity contribution in [3.8, 4) is 5.75 Å². The van der Waals surface area contributed by atoms with Gasteiger partial charge in [-0.3, -0.25) is 0 Å². The van der Waals surface area contributed by atoms with Crippen LogP contribution in [0.2, 0.25) is 0 Å². The van der Waals surface area contributed by atoms with E-state index >= 15 is 0 Å². The molecule has 0 saturated carbocycles. The van der Waals surface area contributed by atoms with Crippen molar-refractivity contribution in [3.63, 3.8) is 0 Å². The number of rotatable bonds is 16. The maximum absolute atomic E-state index is 12.1. The minimum atomic E-state index is -0.148. The summed E-state index contributed by atoms with van der Waals surface area (Å²) in [5, 5.41) is 0. The number of hydrogen-bond acceptors (Lipinski definition) is 2. The van der Waals surface area contributed by atoms with Crippen LogP contribution in [0.4, 0.5) is 0 Å². The smallest absolute Gasteiger partial charge is 0.367 e. The molecule has 0 amide bonds. The largest absolute Gasteiger partial charge is 0.422 e. The van der Waals surface area contributed by atoms with E-state index in [1.165, 1.54) is 77.0 Å². The monoisotopic (exact) mass is 376 g/mol. The van der Waals surface area contributed by atoms with Crippen molar-refractivity contribution in [1.29, 1.82) is 0 Å². The fourth-order valence-corrected chi connectivity index (χ4v) is 3.46. The molecule has 0 N–H and O–H groups in total. The molecular weight excluding hydrogens is 334 g/mol. The Hall–Kier alpha value is -1.35. The second-order valence-electron chi connectivity index (χ2n) is 8.49. The molecule has 0 heterocycles. The summed E-state index contributed by atoms with van der Waals surface area (Å²) >= 11 is 0. The molecule has 0 fully saturated rings. The lowest BCUT2D eigenvalue weighted by Crippen LogP contribution is -2.45. The molecule has 0 aliphatic carbocycles. The number of benzene rings is 1. The lowest BCUT2D eigenvalue weighted by Gasteiger charge is -2.28. The van der Waals surface area contributed by atoms with Crippen LogP contribution in [0.1, 0.15) is 84.0 Å². The van der Waals surface area contributed by atoms with E-state index in [4.69, 9.17) is 4.74 Å². The number of nitrogens with zero attached hydrogens (tertiary/aromatic N) is 1. The first-order valence-corrected chi connectivity index (χ1v) is 11.1. The van der Waals surface area contributed by atoms with Crippen LogP contribution in [0.25, 0.3) is 0 Å². The number of para-hydroxylation sites is 1. The number of carbonyl (C=O) groups is 1. The lowest BCUT2D eigenvalue weighted by atomic mass is 10.1. The van der Waals surface area contributed by atoms with Crippen LogP contribution in [0, 0.1) is 0 Å². The van der Waals surface area contributed by atoms with E-state index in [9.17, 15) is 4.79 Å². The molecule has 0 saturated heterocycles. The Labute approximate surface area is 167 Å². The summed E-state index contributed by atoms with van der Waals surface area (Å²) < 4.78 is 6.11. The minimum absolute atomic E-state index is 0.148. The maximum atomic E-state index is 12.1. The van der Waals surface area contributed by atoms with Crippen LogP contribution >= 0.6 is 0 Å². The predicted molar refractivity (Wildman–Crippen MR) is 115 cm³/mol. The molecule has 0 aromatic heterocycles. The van der Waals surface area contributed by atoms with Crippen molar-refractivity contribution in [1.82, 2.24) is 0 Å². The van der Waals surface area contributed by atoms with E-state index < -0.39 is 0 Å². The van der Waals surface area contributed by atoms with Crippen molar-refractivity contribution in [2.45, 2.75) is 84.0 Å². The van der Waals surface area contributed by atoms with Crippen LogP contribution in [-0.2, 0) is 4.79 Å². The maximum Gasteiger partial charge on any atom is 0.367 e. The van der Waals surface area contributed by atoms with Crippen LogP contribution < -0.4 is 4.74 Å². The third-order valence-corrected chi connectivity index (χ3v) is 5.15. The van der Waals surface area contributed by atoms with Crippen LogP contribution in [0.3, 0.4) is 0 Å². The van der Waals surface area contributed by atoms with Crippen molar-refractivity contribution >= 4 is 5.97 Å². The molecule has 3 nitrogen and oxygen atoms in total. The molecule has 27 heavy (non-hydrogen) atoms. The molecule has 154 valence electrons. The Morgan fingerprint density at radius 1 is 0.778 bits per heavy atom. The summed E-state index contributed by atoms with van der Waals surface area (Å²) in [6.45, 7) is 3.73. The van der Waals surface area contributed by atoms with Crippen LogP contribution in [0.5, 0.6) is 5.75 Å². The zero-order chi connectivity index (χ0) is 19.8. The van der Waals surface area contributed by atoms with Gasteiger partial charge in [0.2, 0.25) is 0 Å². The number of hydrogen-bond donors (Lipinski definition) is 0. The van der Waals surface area contributed by atoms with Gasteiger partial charge in [0, 0.05) is 0 Å². The standard InChI is InChI=1S/C24H42NO2/c1-4-5-6-7-8-9-10-11-12-13-14-18-21-25(2,3)22-24(26)27-23-19-16-15-17-20-23/h15-17,19-20H,4-14,18,21-22H2,1-3H3/q+1. The molecule has 0 radical (unpaired) electrons. The van der Waals surface area contributed by atoms with E-state index in [0.717, 1.165) is 6.54 Å². The van der Waals surface area contributed by atoms with E-state index in [-0.39, 0.29) is 5.97 Å². The minimum Gasteiger partial charge on any atom is -0.422 e. The summed E-state index contributed by atoms with van der Waals surface area (Å²) in [6.07, 6.45) is 16.3. The topological polar surface area (TPSA) is 26.3 Å². The summed E-state index contributed by atoms with van der Waals surface area (Å²) in [5.74, 6) is 0.484. The number of esters is 1. The Balaban J connectivity index is 1.99. The van der Waals surface area contributed by atoms with Crippen LogP contribution in [-0.4, -0.2) is 37.6 Å². The summed E-state index contributed by atoms with van der Waals surface area (Å²) in [6, 6.07) is 9.33. The first kappa shape index (κ1) is 23.7. The van der Waals surface area contributed by atoms with E-state index in [0.29, 0.717) is 16.8 Å². The number of quaternary nitrogens is 1. The third kappa shape index (κ3) is 13.5. The molecule has 0 spiro atoms. The van der Waals surface area contributed by atoms with Gasteiger partial charge in [-0.25, -0.2) is 4.79 Å². The molecule has 1 aromatic rings. The third-order valence-electron chi connectivity index (χ3n) is 5.15. The Bertz CT molecular complexity index is 484. The summed E-state index contributed by atoms with van der Waals surface area (Å²) in [4.78, 5) is 12.1. The number of unbranched alkanes of at least 4 members (excludes halogenated alkanes) is 11. The predicted octanol–water partition coefficient (Wildman–Crippen LogP) is 6.37. The highest BCUT2D eigenvalue weighted by Gasteiger charge is 2.21. The summed E-state index contributed by atoms with van der Waals surface area (Å²) in [7, 11) is 4.23. The van der Waals surface area contributed by atoms with Gasteiger partial charge >= 0.3 is 5.97 Å². The van der Waals surface area contributed by atoms with Gasteiger partial charge < -0.3 is 9.22 Å². The van der Waals surface area contributed by atoms with Gasteiger partial charge in [-0.15, -0.1) is 0 Å². The van der Waals surface area contributed by atoms with Gasteiger partial charge in [-0.2, -0.15) is 0 Å². The lowest BCUT2D eigenvalue weighted by molar-refractivity contribution is -0.883. The fourth-order valence-electron chi connectivity index (χ4n) is 3.46. The second-order valence-corrected chi connectivity index (χ2v) is 8.49. The average Bonchev–Trinajstić information content (AvgIpc) is 2.63. The van der Waals surface area contributed by atoms with Crippen molar-refractivity contribution in [2.75, 3.05) is 27.2 Å². The number of ether oxygens (including phenoxy) is 1. The van der Waals surface area contributed by atoms with Crippen molar-refractivity contribution < 1.29 is 14.0 Å². The molecule has 1 rings (SSSR count). The molecule has 0 atom stereocenters. The zero-order valence-electron chi connectivity index (χ0n) is 18.0. The molecule has 0 aliphatic heterocycles. The van der Waals surface area contributed by atoms with Crippen molar-refractivity contribution in [2.24, 2.45) is 0 Å². The highest BCUT2D eigenvalue weighted by Crippen LogP contribution is 2.13. The highest BCUT2D eigenvalue weighted by molar-refractivity contribution is 5.73. The van der Waals surface area contributed by atoms with Gasteiger partial charge in [0.25, 0.3) is 0 Å². The zero-order valence-corrected chi connectivity index (χ0v) is 18.0. The van der Waals surface area contributed by atoms with E-state index in [1.54, 1.807) is 0 Å². The molecule has 0 bridgehead atoms. The number of likely N-dealkylation sites (N-methyl/N-ethyl adjacent to an activating group) is 1. The molecule has 0 aliphatic rings. The van der Waals surface area contributed by atoms with E-state index in [1.807, 2.05) is 30.3 Å². The van der Waals surface area contributed by atoms with Gasteiger partial charge in [0.05, 0.1) is 20.6 Å². The Kier molecular flexibility index (Phi) is 12.9. The number of carbonyl (C=O) groups excluding carboxylic acids is 1. The SMILES string of the molecule is CCCCCCCCCCCCCC[N+](C)(C)CC(=O)Oc1ccccc1. The molecular formula is C24H42NO2+. The average molecular weight is 377 g/mol. The quantitative estimate of drug-likeness (QED) is 0.145. The first-order valence-electron chi connectivity index (χ1n) is 11.1. The first-order chi connectivity index (χ1) is 13.0. The van der Waals surface area contributed by atoms with Gasteiger partial charge in [0.15, 0.2) is 6.54 Å². The molecule has 3 heteroatoms. The second kappa shape index (κ2) is 14.7. The van der Waals surface area contributed by atoms with Gasteiger partial charge in [-0.05, 0) is 25.0 Å². The highest BCUT2D eigenvalue weighted by atomic mass is 16.5. The van der Waals surface area contributed by atoms with Gasteiger partial charge in [0.1, 0.15) is 5.75 Å². The Morgan fingerprint density at radius 3 is 1.78 bits per heavy atom.